The molecule has 0 atom stereocenters. The maximum atomic E-state index is 13.2. The van der Waals surface area contributed by atoms with E-state index >= 15 is 0 Å². The van der Waals surface area contributed by atoms with Gasteiger partial charge in [-0.3, -0.25) is 14.9 Å². The van der Waals surface area contributed by atoms with Gasteiger partial charge < -0.3 is 14.4 Å². The third-order valence-corrected chi connectivity index (χ3v) is 6.37. The zero-order valence-corrected chi connectivity index (χ0v) is 16.1. The second-order valence-electron chi connectivity index (χ2n) is 8.11. The van der Waals surface area contributed by atoms with Crippen molar-refractivity contribution in [3.05, 3.63) is 63.2 Å². The Morgan fingerprint density at radius 1 is 1.03 bits per heavy atom. The summed E-state index contributed by atoms with van der Waals surface area (Å²) in [6.07, 6.45) is 4.38. The van der Waals surface area contributed by atoms with Crippen molar-refractivity contribution in [2.75, 3.05) is 19.8 Å². The molecule has 1 amide bonds. The summed E-state index contributed by atoms with van der Waals surface area (Å²) < 4.78 is 11.6. The summed E-state index contributed by atoms with van der Waals surface area (Å²) in [5.74, 6) is 1.45. The van der Waals surface area contributed by atoms with Crippen molar-refractivity contribution in [2.45, 2.75) is 37.6 Å². The maximum Gasteiger partial charge on any atom is 0.269 e. The van der Waals surface area contributed by atoms with E-state index in [0.717, 1.165) is 42.7 Å². The first-order valence-electron chi connectivity index (χ1n) is 10.0. The molecule has 2 aliphatic heterocycles. The van der Waals surface area contributed by atoms with Crippen molar-refractivity contribution in [3.8, 4) is 11.5 Å². The Bertz CT molecular complexity index is 979. The quantitative estimate of drug-likeness (QED) is 0.571. The molecule has 2 heterocycles. The zero-order valence-electron chi connectivity index (χ0n) is 16.1. The number of hydrogen-bond donors (Lipinski definition) is 0. The van der Waals surface area contributed by atoms with E-state index in [1.54, 1.807) is 12.1 Å². The number of ether oxygens (including phenoxy) is 2. The first kappa shape index (κ1) is 18.0. The van der Waals surface area contributed by atoms with Crippen LogP contribution in [0.25, 0.3) is 0 Å². The van der Waals surface area contributed by atoms with Crippen molar-refractivity contribution in [1.29, 1.82) is 0 Å². The van der Waals surface area contributed by atoms with Crippen LogP contribution in [0.5, 0.6) is 11.5 Å². The number of carbonyl (C=O) groups is 1. The molecule has 0 saturated heterocycles. The number of amides is 1. The van der Waals surface area contributed by atoms with Crippen molar-refractivity contribution in [3.63, 3.8) is 0 Å². The van der Waals surface area contributed by atoms with Gasteiger partial charge in [0.15, 0.2) is 11.5 Å². The van der Waals surface area contributed by atoms with Crippen molar-refractivity contribution < 1.29 is 19.2 Å². The second kappa shape index (κ2) is 6.76. The Balaban J connectivity index is 1.50. The van der Waals surface area contributed by atoms with Gasteiger partial charge in [0, 0.05) is 36.2 Å². The topological polar surface area (TPSA) is 81.9 Å². The van der Waals surface area contributed by atoms with Crippen LogP contribution in [0.3, 0.4) is 0 Å². The van der Waals surface area contributed by atoms with Gasteiger partial charge in [0.1, 0.15) is 13.2 Å². The summed E-state index contributed by atoms with van der Waals surface area (Å²) in [5, 5.41) is 10.9. The fourth-order valence-corrected chi connectivity index (χ4v) is 5.00. The summed E-state index contributed by atoms with van der Waals surface area (Å²) in [7, 11) is 0. The predicted molar refractivity (Wildman–Crippen MR) is 105 cm³/mol. The van der Waals surface area contributed by atoms with Gasteiger partial charge in [-0.25, -0.2) is 0 Å². The van der Waals surface area contributed by atoms with Crippen molar-refractivity contribution in [1.82, 2.24) is 4.90 Å². The smallest absolute Gasteiger partial charge is 0.269 e. The van der Waals surface area contributed by atoms with E-state index in [9.17, 15) is 14.9 Å². The highest BCUT2D eigenvalue weighted by atomic mass is 16.6. The Kier molecular flexibility index (Phi) is 4.19. The van der Waals surface area contributed by atoms with Gasteiger partial charge in [0.25, 0.3) is 11.6 Å². The van der Waals surface area contributed by atoms with Crippen LogP contribution in [-0.4, -0.2) is 35.5 Å². The highest BCUT2D eigenvalue weighted by Crippen LogP contribution is 2.49. The Labute approximate surface area is 168 Å². The largest absolute Gasteiger partial charge is 0.486 e. The molecule has 1 fully saturated rings. The summed E-state index contributed by atoms with van der Waals surface area (Å²) in [5.41, 5.74) is 2.80. The average molecular weight is 394 g/mol. The first-order valence-corrected chi connectivity index (χ1v) is 10.0. The molecule has 0 bridgehead atoms. The standard InChI is InChI=1S/C22H22N2O5/c25-21(15-3-5-17(6-4-15)24(26)27)23-13-16-11-19-20(29-10-9-28-19)12-18(16)22(14-23)7-1-2-8-22/h3-6,11-12H,1-2,7-10,13-14H2. The fraction of sp³-hybridized carbons (Fsp3) is 0.409. The van der Waals surface area contributed by atoms with Crippen molar-refractivity contribution in [2.24, 2.45) is 0 Å². The van der Waals surface area contributed by atoms with Gasteiger partial charge in [0.2, 0.25) is 0 Å². The number of nitrogens with zero attached hydrogens (tertiary/aromatic N) is 2. The molecular formula is C22H22N2O5. The monoisotopic (exact) mass is 394 g/mol. The molecule has 1 saturated carbocycles. The molecule has 0 N–H and O–H groups in total. The average Bonchev–Trinajstić information content (AvgIpc) is 3.21. The van der Waals surface area contributed by atoms with E-state index in [0.29, 0.717) is 31.9 Å². The molecule has 29 heavy (non-hydrogen) atoms. The number of benzene rings is 2. The molecular weight excluding hydrogens is 372 g/mol. The summed E-state index contributed by atoms with van der Waals surface area (Å²) >= 11 is 0. The predicted octanol–water partition coefficient (Wildman–Crippen LogP) is 3.83. The van der Waals surface area contributed by atoms with Crippen LogP contribution in [0.2, 0.25) is 0 Å². The molecule has 150 valence electrons. The van der Waals surface area contributed by atoms with Crippen LogP contribution >= 0.6 is 0 Å². The number of carbonyl (C=O) groups excluding carboxylic acids is 1. The molecule has 7 nitrogen and oxygen atoms in total. The van der Waals surface area contributed by atoms with Crippen LogP contribution in [-0.2, 0) is 12.0 Å². The molecule has 0 aromatic heterocycles. The normalized spacial score (nSPS) is 19.1. The van der Waals surface area contributed by atoms with Crippen molar-refractivity contribution >= 4 is 11.6 Å². The maximum absolute atomic E-state index is 13.2. The van der Waals surface area contributed by atoms with Gasteiger partial charge in [-0.15, -0.1) is 0 Å². The van der Waals surface area contributed by atoms with Gasteiger partial charge in [-0.05, 0) is 48.2 Å². The number of fused-ring (bicyclic) bond motifs is 3. The molecule has 1 aliphatic carbocycles. The molecule has 2 aromatic rings. The lowest BCUT2D eigenvalue weighted by molar-refractivity contribution is -0.384. The van der Waals surface area contributed by atoms with Crippen LogP contribution in [0, 0.1) is 10.1 Å². The number of non-ortho nitro benzene ring substituents is 1. The van der Waals surface area contributed by atoms with Gasteiger partial charge >= 0.3 is 0 Å². The van der Waals surface area contributed by atoms with E-state index in [1.807, 2.05) is 11.0 Å². The first-order chi connectivity index (χ1) is 14.1. The summed E-state index contributed by atoms with van der Waals surface area (Å²) in [6.45, 7) is 2.25. The lowest BCUT2D eigenvalue weighted by Crippen LogP contribution is -2.46. The highest BCUT2D eigenvalue weighted by molar-refractivity contribution is 5.94. The Morgan fingerprint density at radius 3 is 2.34 bits per heavy atom. The minimum atomic E-state index is -0.454. The Hall–Kier alpha value is -3.09. The summed E-state index contributed by atoms with van der Waals surface area (Å²) in [6, 6.07) is 10.0. The zero-order chi connectivity index (χ0) is 20.0. The number of nitro benzene ring substituents is 1. The molecule has 7 heteroatoms. The molecule has 0 radical (unpaired) electrons. The van der Waals surface area contributed by atoms with Crippen LogP contribution in [0.4, 0.5) is 5.69 Å². The number of hydrogen-bond acceptors (Lipinski definition) is 5. The van der Waals surface area contributed by atoms with Gasteiger partial charge in [-0.1, -0.05) is 12.8 Å². The summed E-state index contributed by atoms with van der Waals surface area (Å²) in [4.78, 5) is 25.5. The van der Waals surface area contributed by atoms with Crippen LogP contribution < -0.4 is 9.47 Å². The highest BCUT2D eigenvalue weighted by Gasteiger charge is 2.44. The lowest BCUT2D eigenvalue weighted by Gasteiger charge is -2.43. The molecule has 1 spiro atoms. The van der Waals surface area contributed by atoms with Crippen LogP contribution in [0.15, 0.2) is 36.4 Å². The second-order valence-corrected chi connectivity index (χ2v) is 8.11. The molecule has 2 aromatic carbocycles. The van der Waals surface area contributed by atoms with Gasteiger partial charge in [-0.2, -0.15) is 0 Å². The molecule has 5 rings (SSSR count). The third kappa shape index (κ3) is 3.01. The molecule has 0 unspecified atom stereocenters. The minimum Gasteiger partial charge on any atom is -0.486 e. The van der Waals surface area contributed by atoms with E-state index in [2.05, 4.69) is 6.07 Å². The van der Waals surface area contributed by atoms with Crippen LogP contribution in [0.1, 0.15) is 47.2 Å². The lowest BCUT2D eigenvalue weighted by atomic mass is 9.73. The molecule has 3 aliphatic rings. The minimum absolute atomic E-state index is 0.0124. The third-order valence-electron chi connectivity index (χ3n) is 6.37. The van der Waals surface area contributed by atoms with E-state index in [4.69, 9.17) is 9.47 Å². The fourth-order valence-electron chi connectivity index (χ4n) is 5.00. The number of rotatable bonds is 2. The SMILES string of the molecule is O=C(c1ccc([N+](=O)[O-])cc1)N1Cc2cc3c(cc2C2(CCCC2)C1)OCCO3. The van der Waals surface area contributed by atoms with E-state index < -0.39 is 4.92 Å². The van der Waals surface area contributed by atoms with E-state index in [1.165, 1.54) is 17.7 Å². The number of nitro groups is 1. The Morgan fingerprint density at radius 2 is 1.69 bits per heavy atom. The van der Waals surface area contributed by atoms with Gasteiger partial charge in [0.05, 0.1) is 4.92 Å². The van der Waals surface area contributed by atoms with E-state index in [-0.39, 0.29) is 17.0 Å².